The summed E-state index contributed by atoms with van der Waals surface area (Å²) in [6, 6.07) is 6.95. The van der Waals surface area contributed by atoms with Gasteiger partial charge in [-0.1, -0.05) is 53.8 Å². The summed E-state index contributed by atoms with van der Waals surface area (Å²) < 4.78 is 10.8. The summed E-state index contributed by atoms with van der Waals surface area (Å²) >= 11 is 8.41. The zero-order valence-electron chi connectivity index (χ0n) is 13.5. The van der Waals surface area contributed by atoms with Gasteiger partial charge in [0.2, 0.25) is 5.13 Å². The second-order valence-electron chi connectivity index (χ2n) is 4.67. The van der Waals surface area contributed by atoms with Crippen LogP contribution in [0.15, 0.2) is 28.6 Å². The van der Waals surface area contributed by atoms with Crippen molar-refractivity contribution in [3.05, 3.63) is 29.3 Å². The van der Waals surface area contributed by atoms with Crippen LogP contribution in [-0.2, 0) is 14.3 Å². The van der Waals surface area contributed by atoms with Crippen LogP contribution >= 0.6 is 34.7 Å². The van der Waals surface area contributed by atoms with Crippen molar-refractivity contribution in [1.29, 1.82) is 0 Å². The fourth-order valence-corrected chi connectivity index (χ4v) is 3.47. The molecule has 1 aromatic carbocycles. The average Bonchev–Trinajstić information content (AvgIpc) is 3.06. The first-order valence-corrected chi connectivity index (χ1v) is 9.46. The molecule has 7 nitrogen and oxygen atoms in total. The van der Waals surface area contributed by atoms with E-state index >= 15 is 0 Å². The number of carbonyl (C=O) groups is 2. The number of benzene rings is 1. The second kappa shape index (κ2) is 9.59. The SMILES string of the molecule is CCC(Oc1ccccc1Cl)C(=O)Nc1nnc(SCC(=O)OC)s1. The zero-order valence-corrected chi connectivity index (χ0v) is 15.9. The van der Waals surface area contributed by atoms with E-state index in [0.717, 1.165) is 0 Å². The molecule has 2 rings (SSSR count). The van der Waals surface area contributed by atoms with Gasteiger partial charge < -0.3 is 9.47 Å². The van der Waals surface area contributed by atoms with Crippen LogP contribution in [0.25, 0.3) is 0 Å². The molecular weight excluding hydrogens is 386 g/mol. The molecule has 1 amide bonds. The van der Waals surface area contributed by atoms with Crippen LogP contribution in [0, 0.1) is 0 Å². The number of ether oxygens (including phenoxy) is 2. The minimum Gasteiger partial charge on any atom is -0.479 e. The fraction of sp³-hybridized carbons (Fsp3) is 0.333. The Hall–Kier alpha value is -1.84. The predicted molar refractivity (Wildman–Crippen MR) is 97.4 cm³/mol. The van der Waals surface area contributed by atoms with Gasteiger partial charge in [-0.05, 0) is 18.6 Å². The highest BCUT2D eigenvalue weighted by atomic mass is 35.5. The molecule has 2 aromatic rings. The van der Waals surface area contributed by atoms with E-state index in [9.17, 15) is 9.59 Å². The van der Waals surface area contributed by atoms with Crippen LogP contribution in [0.3, 0.4) is 0 Å². The van der Waals surface area contributed by atoms with Crippen molar-refractivity contribution in [3.8, 4) is 5.75 Å². The summed E-state index contributed by atoms with van der Waals surface area (Å²) in [7, 11) is 1.32. The Morgan fingerprint density at radius 1 is 1.36 bits per heavy atom. The van der Waals surface area contributed by atoms with E-state index in [1.54, 1.807) is 24.3 Å². The molecule has 10 heteroatoms. The summed E-state index contributed by atoms with van der Waals surface area (Å²) in [4.78, 5) is 23.5. The first-order valence-electron chi connectivity index (χ1n) is 7.28. The lowest BCUT2D eigenvalue weighted by Crippen LogP contribution is -2.32. The number of methoxy groups -OCH3 is 1. The number of carbonyl (C=O) groups excluding carboxylic acids is 2. The topological polar surface area (TPSA) is 90.4 Å². The van der Waals surface area contributed by atoms with Crippen molar-refractivity contribution in [2.24, 2.45) is 0 Å². The minimum atomic E-state index is -0.713. The zero-order chi connectivity index (χ0) is 18.2. The van der Waals surface area contributed by atoms with Crippen molar-refractivity contribution in [1.82, 2.24) is 10.2 Å². The molecule has 1 aromatic heterocycles. The fourth-order valence-electron chi connectivity index (χ4n) is 1.70. The predicted octanol–water partition coefficient (Wildman–Crippen LogP) is 3.25. The summed E-state index contributed by atoms with van der Waals surface area (Å²) in [5.41, 5.74) is 0. The highest BCUT2D eigenvalue weighted by molar-refractivity contribution is 8.01. The summed E-state index contributed by atoms with van der Waals surface area (Å²) in [6.45, 7) is 1.83. The average molecular weight is 402 g/mol. The van der Waals surface area contributed by atoms with Crippen molar-refractivity contribution < 1.29 is 19.1 Å². The lowest BCUT2D eigenvalue weighted by molar-refractivity contribution is -0.137. The quantitative estimate of drug-likeness (QED) is 0.412. The Balaban J connectivity index is 1.94. The van der Waals surface area contributed by atoms with Gasteiger partial charge in [0.15, 0.2) is 10.4 Å². The third-order valence-electron chi connectivity index (χ3n) is 2.95. The number of amides is 1. The standard InChI is InChI=1S/C15H16ClN3O4S2/c1-3-10(23-11-7-5-4-6-9(11)16)13(21)17-14-18-19-15(25-14)24-8-12(20)22-2/h4-7,10H,3,8H2,1-2H3,(H,17,18,21). The number of anilines is 1. The van der Waals surface area contributed by atoms with Crippen LogP contribution in [0.5, 0.6) is 5.75 Å². The first-order chi connectivity index (χ1) is 12.0. The molecule has 0 radical (unpaired) electrons. The number of aromatic nitrogens is 2. The number of halogens is 1. The van der Waals surface area contributed by atoms with Crippen molar-refractivity contribution in [3.63, 3.8) is 0 Å². The number of thioether (sulfide) groups is 1. The molecule has 0 bridgehead atoms. The molecule has 0 spiro atoms. The van der Waals surface area contributed by atoms with Gasteiger partial charge in [0, 0.05) is 0 Å². The van der Waals surface area contributed by atoms with Gasteiger partial charge >= 0.3 is 5.97 Å². The number of esters is 1. The largest absolute Gasteiger partial charge is 0.479 e. The van der Waals surface area contributed by atoms with Gasteiger partial charge in [0.25, 0.3) is 5.91 Å². The first kappa shape index (κ1) is 19.5. The molecule has 1 heterocycles. The summed E-state index contributed by atoms with van der Waals surface area (Å²) in [5.74, 6) is -0.127. The number of hydrogen-bond donors (Lipinski definition) is 1. The maximum atomic E-state index is 12.4. The molecule has 0 aliphatic heterocycles. The lowest BCUT2D eigenvalue weighted by Gasteiger charge is -2.17. The highest BCUT2D eigenvalue weighted by Gasteiger charge is 2.21. The van der Waals surface area contributed by atoms with Crippen molar-refractivity contribution >= 4 is 51.7 Å². The van der Waals surface area contributed by atoms with E-state index in [2.05, 4.69) is 20.3 Å². The van der Waals surface area contributed by atoms with Crippen LogP contribution in [0.2, 0.25) is 5.02 Å². The molecule has 0 saturated carbocycles. The molecule has 1 unspecified atom stereocenters. The van der Waals surface area contributed by atoms with Gasteiger partial charge in [-0.2, -0.15) is 0 Å². The maximum Gasteiger partial charge on any atom is 0.316 e. The van der Waals surface area contributed by atoms with Gasteiger partial charge in [-0.15, -0.1) is 10.2 Å². The lowest BCUT2D eigenvalue weighted by atomic mass is 10.2. The third-order valence-corrected chi connectivity index (χ3v) is 5.20. The Morgan fingerprint density at radius 3 is 2.80 bits per heavy atom. The Kier molecular flexibility index (Phi) is 7.48. The summed E-state index contributed by atoms with van der Waals surface area (Å²) in [6.07, 6.45) is -0.255. The van der Waals surface area contributed by atoms with E-state index in [1.165, 1.54) is 30.2 Å². The monoisotopic (exact) mass is 401 g/mol. The normalized spacial score (nSPS) is 11.6. The number of nitrogens with one attached hydrogen (secondary N) is 1. The Bertz CT molecular complexity index is 741. The number of hydrogen-bond acceptors (Lipinski definition) is 8. The van der Waals surface area contributed by atoms with Crippen molar-refractivity contribution in [2.75, 3.05) is 18.2 Å². The highest BCUT2D eigenvalue weighted by Crippen LogP contribution is 2.27. The van der Waals surface area contributed by atoms with Crippen molar-refractivity contribution in [2.45, 2.75) is 23.8 Å². The van der Waals surface area contributed by atoms with Gasteiger partial charge in [-0.3, -0.25) is 14.9 Å². The molecule has 25 heavy (non-hydrogen) atoms. The Labute approximate surface area is 158 Å². The van der Waals surface area contributed by atoms with Gasteiger partial charge in [0.05, 0.1) is 17.9 Å². The third kappa shape index (κ3) is 5.87. The molecule has 134 valence electrons. The van der Waals surface area contributed by atoms with Crippen LogP contribution in [-0.4, -0.2) is 41.0 Å². The van der Waals surface area contributed by atoms with Crippen LogP contribution in [0.4, 0.5) is 5.13 Å². The second-order valence-corrected chi connectivity index (χ2v) is 7.28. The number of para-hydroxylation sites is 1. The molecule has 0 fully saturated rings. The molecule has 1 atom stereocenters. The van der Waals surface area contributed by atoms with E-state index < -0.39 is 6.10 Å². The number of nitrogens with zero attached hydrogens (tertiary/aromatic N) is 2. The van der Waals surface area contributed by atoms with E-state index in [4.69, 9.17) is 16.3 Å². The van der Waals surface area contributed by atoms with Gasteiger partial charge in [0.1, 0.15) is 5.75 Å². The number of rotatable bonds is 8. The molecule has 0 aliphatic carbocycles. The minimum absolute atomic E-state index is 0.131. The molecular formula is C15H16ClN3O4S2. The van der Waals surface area contributed by atoms with Gasteiger partial charge in [-0.25, -0.2) is 0 Å². The molecule has 1 N–H and O–H groups in total. The maximum absolute atomic E-state index is 12.4. The smallest absolute Gasteiger partial charge is 0.316 e. The van der Waals surface area contributed by atoms with Crippen LogP contribution in [0.1, 0.15) is 13.3 Å². The molecule has 0 aliphatic rings. The van der Waals surface area contributed by atoms with Crippen LogP contribution < -0.4 is 10.1 Å². The van der Waals surface area contributed by atoms with E-state index in [-0.39, 0.29) is 17.6 Å². The Morgan fingerprint density at radius 2 is 2.12 bits per heavy atom. The molecule has 0 saturated heterocycles. The summed E-state index contributed by atoms with van der Waals surface area (Å²) in [5, 5.41) is 11.2. The van der Waals surface area contributed by atoms with E-state index in [1.807, 2.05) is 6.92 Å². The van der Waals surface area contributed by atoms with E-state index in [0.29, 0.717) is 26.7 Å².